The molecule has 0 radical (unpaired) electrons. The van der Waals surface area contributed by atoms with Crippen LogP contribution in [0.15, 0.2) is 24.4 Å². The molecule has 1 aliphatic carbocycles. The van der Waals surface area contributed by atoms with Gasteiger partial charge >= 0.3 is 5.97 Å². The molecule has 1 aliphatic rings. The first-order valence-electron chi connectivity index (χ1n) is 4.89. The number of ether oxygens (including phenoxy) is 1. The Morgan fingerprint density at radius 1 is 1.57 bits per heavy atom. The van der Waals surface area contributed by atoms with Gasteiger partial charge in [0.15, 0.2) is 0 Å². The van der Waals surface area contributed by atoms with Crippen LogP contribution in [0.2, 0.25) is 0 Å². The Morgan fingerprint density at radius 2 is 2.36 bits per heavy atom. The Balaban J connectivity index is 1.95. The fourth-order valence-electron chi connectivity index (χ4n) is 1.27. The van der Waals surface area contributed by atoms with E-state index in [1.165, 1.54) is 0 Å². The van der Waals surface area contributed by atoms with E-state index in [1.54, 1.807) is 6.20 Å². The lowest BCUT2D eigenvalue weighted by atomic mass is 10.2. The molecule has 1 heterocycles. The van der Waals surface area contributed by atoms with Crippen molar-refractivity contribution in [1.82, 2.24) is 4.98 Å². The van der Waals surface area contributed by atoms with Crippen molar-refractivity contribution in [2.75, 3.05) is 0 Å². The number of carbonyl (C=O) groups excluding carboxylic acids is 1. The molecule has 2 rings (SSSR count). The highest BCUT2D eigenvalue weighted by atomic mass is 16.5. The molecule has 0 aromatic carbocycles. The van der Waals surface area contributed by atoms with E-state index in [0.29, 0.717) is 0 Å². The number of rotatable bonds is 3. The first-order chi connectivity index (χ1) is 6.77. The summed E-state index contributed by atoms with van der Waals surface area (Å²) >= 11 is 0. The largest absolute Gasteiger partial charge is 0.456 e. The van der Waals surface area contributed by atoms with Crippen molar-refractivity contribution < 1.29 is 9.53 Å². The van der Waals surface area contributed by atoms with Crippen molar-refractivity contribution >= 4 is 5.97 Å². The minimum Gasteiger partial charge on any atom is -0.456 e. The molecule has 0 spiro atoms. The summed E-state index contributed by atoms with van der Waals surface area (Å²) in [4.78, 5) is 15.5. The van der Waals surface area contributed by atoms with Gasteiger partial charge in [0, 0.05) is 6.20 Å². The highest BCUT2D eigenvalue weighted by Gasteiger charge is 2.32. The van der Waals surface area contributed by atoms with E-state index in [9.17, 15) is 4.79 Å². The average Bonchev–Trinajstić information content (AvgIpc) is 3.02. The second-order valence-electron chi connectivity index (χ2n) is 3.61. The normalized spacial score (nSPS) is 17.5. The number of carbonyl (C=O) groups is 1. The third-order valence-electron chi connectivity index (χ3n) is 2.31. The molecule has 74 valence electrons. The fraction of sp³-hybridized carbons (Fsp3) is 0.455. The standard InChI is InChI=1S/C11H13NO2/c1-8(10-4-2-3-7-12-10)14-11(13)9-5-6-9/h2-4,7-9H,5-6H2,1H3. The molecule has 3 nitrogen and oxygen atoms in total. The van der Waals surface area contributed by atoms with Crippen molar-refractivity contribution in [3.05, 3.63) is 30.1 Å². The number of aromatic nitrogens is 1. The quantitative estimate of drug-likeness (QED) is 0.687. The number of nitrogens with zero attached hydrogens (tertiary/aromatic N) is 1. The summed E-state index contributed by atoms with van der Waals surface area (Å²) in [5, 5.41) is 0. The Hall–Kier alpha value is -1.38. The third-order valence-corrected chi connectivity index (χ3v) is 2.31. The smallest absolute Gasteiger partial charge is 0.309 e. The summed E-state index contributed by atoms with van der Waals surface area (Å²) in [6, 6.07) is 5.60. The van der Waals surface area contributed by atoms with Gasteiger partial charge in [-0.3, -0.25) is 9.78 Å². The first-order valence-corrected chi connectivity index (χ1v) is 4.89. The van der Waals surface area contributed by atoms with E-state index in [1.807, 2.05) is 25.1 Å². The third kappa shape index (κ3) is 2.10. The van der Waals surface area contributed by atoms with Gasteiger partial charge in [0.2, 0.25) is 0 Å². The van der Waals surface area contributed by atoms with Crippen LogP contribution in [0.25, 0.3) is 0 Å². The van der Waals surface area contributed by atoms with E-state index < -0.39 is 0 Å². The number of hydrogen-bond acceptors (Lipinski definition) is 3. The molecule has 0 saturated heterocycles. The van der Waals surface area contributed by atoms with Gasteiger partial charge in [-0.05, 0) is 31.9 Å². The summed E-state index contributed by atoms with van der Waals surface area (Å²) in [6.45, 7) is 1.85. The van der Waals surface area contributed by atoms with Crippen molar-refractivity contribution in [3.8, 4) is 0 Å². The van der Waals surface area contributed by atoms with Gasteiger partial charge in [0.25, 0.3) is 0 Å². The SMILES string of the molecule is CC(OC(=O)C1CC1)c1ccccn1. The van der Waals surface area contributed by atoms with Crippen molar-refractivity contribution in [1.29, 1.82) is 0 Å². The molecule has 0 aliphatic heterocycles. The zero-order chi connectivity index (χ0) is 9.97. The molecule has 1 saturated carbocycles. The van der Waals surface area contributed by atoms with Gasteiger partial charge in [0.1, 0.15) is 6.10 Å². The maximum atomic E-state index is 11.3. The van der Waals surface area contributed by atoms with Crippen LogP contribution in [0.4, 0.5) is 0 Å². The van der Waals surface area contributed by atoms with Crippen molar-refractivity contribution in [2.45, 2.75) is 25.9 Å². The van der Waals surface area contributed by atoms with E-state index in [-0.39, 0.29) is 18.0 Å². The van der Waals surface area contributed by atoms with Crippen LogP contribution in [0.1, 0.15) is 31.6 Å². The Bertz CT molecular complexity index is 319. The monoisotopic (exact) mass is 191 g/mol. The van der Waals surface area contributed by atoms with Crippen molar-refractivity contribution in [2.24, 2.45) is 5.92 Å². The van der Waals surface area contributed by atoms with Crippen LogP contribution in [0.3, 0.4) is 0 Å². The lowest BCUT2D eigenvalue weighted by Gasteiger charge is -2.11. The lowest BCUT2D eigenvalue weighted by Crippen LogP contribution is -2.11. The van der Waals surface area contributed by atoms with Crippen LogP contribution < -0.4 is 0 Å². The predicted molar refractivity (Wildman–Crippen MR) is 51.5 cm³/mol. The molecular weight excluding hydrogens is 178 g/mol. The van der Waals surface area contributed by atoms with Gasteiger partial charge in [-0.25, -0.2) is 0 Å². The van der Waals surface area contributed by atoms with Gasteiger partial charge in [-0.1, -0.05) is 6.07 Å². The van der Waals surface area contributed by atoms with E-state index in [2.05, 4.69) is 4.98 Å². The van der Waals surface area contributed by atoms with Crippen molar-refractivity contribution in [3.63, 3.8) is 0 Å². The van der Waals surface area contributed by atoms with Gasteiger partial charge in [0.05, 0.1) is 11.6 Å². The van der Waals surface area contributed by atoms with Crippen LogP contribution in [-0.2, 0) is 9.53 Å². The zero-order valence-electron chi connectivity index (χ0n) is 8.14. The summed E-state index contributed by atoms with van der Waals surface area (Å²) in [7, 11) is 0. The van der Waals surface area contributed by atoms with Gasteiger partial charge in [-0.15, -0.1) is 0 Å². The van der Waals surface area contributed by atoms with E-state index >= 15 is 0 Å². The highest BCUT2D eigenvalue weighted by Crippen LogP contribution is 2.31. The number of hydrogen-bond donors (Lipinski definition) is 0. The molecule has 1 unspecified atom stereocenters. The summed E-state index contributed by atoms with van der Waals surface area (Å²) in [6.07, 6.45) is 3.43. The number of esters is 1. The van der Waals surface area contributed by atoms with Crippen LogP contribution in [-0.4, -0.2) is 11.0 Å². The molecule has 1 atom stereocenters. The number of pyridine rings is 1. The Labute approximate surface area is 83.1 Å². The second-order valence-corrected chi connectivity index (χ2v) is 3.61. The van der Waals surface area contributed by atoms with Crippen LogP contribution in [0, 0.1) is 5.92 Å². The molecule has 0 amide bonds. The first kappa shape index (κ1) is 9.19. The fourth-order valence-corrected chi connectivity index (χ4v) is 1.27. The topological polar surface area (TPSA) is 39.2 Å². The molecule has 3 heteroatoms. The minimum absolute atomic E-state index is 0.0804. The van der Waals surface area contributed by atoms with E-state index in [0.717, 1.165) is 18.5 Å². The maximum absolute atomic E-state index is 11.3. The molecule has 1 fully saturated rings. The summed E-state index contributed by atoms with van der Waals surface area (Å²) in [5.74, 6) is 0.0734. The zero-order valence-corrected chi connectivity index (χ0v) is 8.14. The van der Waals surface area contributed by atoms with Crippen LogP contribution in [0.5, 0.6) is 0 Å². The minimum atomic E-state index is -0.232. The molecule has 1 aromatic heterocycles. The molecule has 0 bridgehead atoms. The highest BCUT2D eigenvalue weighted by molar-refractivity contribution is 5.75. The van der Waals surface area contributed by atoms with Gasteiger partial charge < -0.3 is 4.74 Å². The van der Waals surface area contributed by atoms with E-state index in [4.69, 9.17) is 4.74 Å². The molecule has 1 aromatic rings. The Morgan fingerprint density at radius 3 is 2.93 bits per heavy atom. The second kappa shape index (κ2) is 3.78. The molecule has 0 N–H and O–H groups in total. The van der Waals surface area contributed by atoms with Gasteiger partial charge in [-0.2, -0.15) is 0 Å². The maximum Gasteiger partial charge on any atom is 0.309 e. The summed E-state index contributed by atoms with van der Waals surface area (Å²) < 4.78 is 5.26. The molecular formula is C11H13NO2. The average molecular weight is 191 g/mol. The predicted octanol–water partition coefficient (Wildman–Crippen LogP) is 2.10. The lowest BCUT2D eigenvalue weighted by molar-refractivity contribution is -0.150. The Kier molecular flexibility index (Phi) is 2.48. The molecule has 14 heavy (non-hydrogen) atoms. The van der Waals surface area contributed by atoms with Crippen LogP contribution >= 0.6 is 0 Å². The summed E-state index contributed by atoms with van der Waals surface area (Å²) in [5.41, 5.74) is 0.807.